The van der Waals surface area contributed by atoms with Gasteiger partial charge >= 0.3 is 7.12 Å². The maximum absolute atomic E-state index is 9.40. The second kappa shape index (κ2) is 7.80. The molecule has 0 amide bonds. The molecule has 2 rings (SSSR count). The van der Waals surface area contributed by atoms with Crippen molar-refractivity contribution in [3.63, 3.8) is 0 Å². The van der Waals surface area contributed by atoms with Crippen molar-refractivity contribution in [2.24, 2.45) is 5.92 Å². The molecule has 0 aromatic heterocycles. The Balaban J connectivity index is 1.96. The summed E-state index contributed by atoms with van der Waals surface area (Å²) in [5.74, 6) is 1.19. The van der Waals surface area contributed by atoms with Crippen molar-refractivity contribution in [1.29, 1.82) is 0 Å². The van der Waals surface area contributed by atoms with Crippen LogP contribution in [0.5, 0.6) is 5.75 Å². The van der Waals surface area contributed by atoms with E-state index in [1.165, 1.54) is 7.11 Å². The first-order chi connectivity index (χ1) is 10.1. The van der Waals surface area contributed by atoms with Gasteiger partial charge in [0.1, 0.15) is 5.75 Å². The summed E-state index contributed by atoms with van der Waals surface area (Å²) in [5, 5.41) is 18.8. The maximum atomic E-state index is 9.40. The fourth-order valence-electron chi connectivity index (χ4n) is 2.83. The SMILES string of the molecule is COc1ccc(CN(C)CC2CCOCC2)cc1B(O)O. The summed E-state index contributed by atoms with van der Waals surface area (Å²) in [6.07, 6.45) is 2.24. The van der Waals surface area contributed by atoms with Crippen LogP contribution in [0.2, 0.25) is 0 Å². The fourth-order valence-corrected chi connectivity index (χ4v) is 2.83. The van der Waals surface area contributed by atoms with E-state index in [4.69, 9.17) is 9.47 Å². The number of hydrogen-bond donors (Lipinski definition) is 2. The molecule has 6 heteroatoms. The van der Waals surface area contributed by atoms with Crippen molar-refractivity contribution >= 4 is 12.6 Å². The van der Waals surface area contributed by atoms with Gasteiger partial charge in [-0.25, -0.2) is 0 Å². The van der Waals surface area contributed by atoms with E-state index in [1.807, 2.05) is 6.07 Å². The Labute approximate surface area is 126 Å². The number of nitrogens with zero attached hydrogens (tertiary/aromatic N) is 1. The van der Waals surface area contributed by atoms with Crippen LogP contribution in [0.4, 0.5) is 0 Å². The molecule has 1 aromatic rings. The molecule has 1 saturated heterocycles. The summed E-state index contributed by atoms with van der Waals surface area (Å²) in [4.78, 5) is 2.27. The second-order valence-corrected chi connectivity index (χ2v) is 5.70. The van der Waals surface area contributed by atoms with E-state index in [1.54, 1.807) is 12.1 Å². The molecule has 0 radical (unpaired) electrons. The van der Waals surface area contributed by atoms with Crippen LogP contribution >= 0.6 is 0 Å². The minimum absolute atomic E-state index is 0.412. The van der Waals surface area contributed by atoms with Crippen molar-refractivity contribution in [3.8, 4) is 5.75 Å². The predicted octanol–water partition coefficient (Wildman–Crippen LogP) is 0.233. The van der Waals surface area contributed by atoms with E-state index in [2.05, 4.69) is 11.9 Å². The predicted molar refractivity (Wildman–Crippen MR) is 82.7 cm³/mol. The van der Waals surface area contributed by atoms with Gasteiger partial charge < -0.3 is 24.4 Å². The molecule has 1 heterocycles. The topological polar surface area (TPSA) is 62.2 Å². The van der Waals surface area contributed by atoms with Crippen LogP contribution in [-0.2, 0) is 11.3 Å². The van der Waals surface area contributed by atoms with E-state index in [0.717, 1.165) is 44.7 Å². The van der Waals surface area contributed by atoms with Crippen LogP contribution in [0, 0.1) is 5.92 Å². The first-order valence-corrected chi connectivity index (χ1v) is 7.39. The zero-order chi connectivity index (χ0) is 15.2. The molecule has 0 atom stereocenters. The lowest BCUT2D eigenvalue weighted by atomic mass is 9.78. The van der Waals surface area contributed by atoms with Crippen molar-refractivity contribution < 1.29 is 19.5 Å². The van der Waals surface area contributed by atoms with Gasteiger partial charge in [-0.05, 0) is 37.4 Å². The van der Waals surface area contributed by atoms with Crippen molar-refractivity contribution in [2.45, 2.75) is 19.4 Å². The van der Waals surface area contributed by atoms with Gasteiger partial charge in [-0.15, -0.1) is 0 Å². The highest BCUT2D eigenvalue weighted by molar-refractivity contribution is 6.59. The van der Waals surface area contributed by atoms with E-state index >= 15 is 0 Å². The van der Waals surface area contributed by atoms with Crippen LogP contribution in [0.15, 0.2) is 18.2 Å². The Morgan fingerprint density at radius 3 is 2.67 bits per heavy atom. The van der Waals surface area contributed by atoms with Gasteiger partial charge in [-0.3, -0.25) is 0 Å². The number of benzene rings is 1. The first-order valence-electron chi connectivity index (χ1n) is 7.39. The zero-order valence-electron chi connectivity index (χ0n) is 12.8. The Hall–Kier alpha value is -1.08. The molecule has 0 unspecified atom stereocenters. The second-order valence-electron chi connectivity index (χ2n) is 5.70. The van der Waals surface area contributed by atoms with Crippen LogP contribution < -0.4 is 10.2 Å². The number of hydrogen-bond acceptors (Lipinski definition) is 5. The van der Waals surface area contributed by atoms with Crippen molar-refractivity contribution in [1.82, 2.24) is 4.90 Å². The zero-order valence-corrected chi connectivity index (χ0v) is 12.8. The molecule has 0 bridgehead atoms. The lowest BCUT2D eigenvalue weighted by Crippen LogP contribution is -2.33. The van der Waals surface area contributed by atoms with Gasteiger partial charge in [0.2, 0.25) is 0 Å². The molecule has 1 aliphatic heterocycles. The molecule has 0 saturated carbocycles. The van der Waals surface area contributed by atoms with Gasteiger partial charge in [0.05, 0.1) is 7.11 Å². The third-order valence-corrected chi connectivity index (χ3v) is 3.94. The summed E-state index contributed by atoms with van der Waals surface area (Å²) in [6, 6.07) is 5.54. The minimum Gasteiger partial charge on any atom is -0.497 e. The average molecular weight is 293 g/mol. The fraction of sp³-hybridized carbons (Fsp3) is 0.600. The smallest absolute Gasteiger partial charge is 0.492 e. The minimum atomic E-state index is -1.51. The Morgan fingerprint density at radius 2 is 2.05 bits per heavy atom. The molecule has 1 aromatic carbocycles. The lowest BCUT2D eigenvalue weighted by Gasteiger charge is -2.27. The third-order valence-electron chi connectivity index (χ3n) is 3.94. The third kappa shape index (κ3) is 4.71. The number of ether oxygens (including phenoxy) is 2. The molecular weight excluding hydrogens is 269 g/mol. The van der Waals surface area contributed by atoms with E-state index in [-0.39, 0.29) is 0 Å². The first kappa shape index (κ1) is 16.3. The highest BCUT2D eigenvalue weighted by atomic mass is 16.5. The lowest BCUT2D eigenvalue weighted by molar-refractivity contribution is 0.0549. The molecule has 116 valence electrons. The van der Waals surface area contributed by atoms with Crippen LogP contribution in [-0.4, -0.2) is 56.0 Å². The van der Waals surface area contributed by atoms with Gasteiger partial charge in [0, 0.05) is 31.8 Å². The Bertz CT molecular complexity index is 449. The van der Waals surface area contributed by atoms with Gasteiger partial charge in [0.25, 0.3) is 0 Å². The van der Waals surface area contributed by atoms with E-state index in [9.17, 15) is 10.0 Å². The number of methoxy groups -OCH3 is 1. The Kier molecular flexibility index (Phi) is 6.05. The quantitative estimate of drug-likeness (QED) is 0.735. The molecular formula is C15H24BNO4. The summed E-state index contributed by atoms with van der Waals surface area (Å²) in [5.41, 5.74) is 1.46. The van der Waals surface area contributed by atoms with Crippen LogP contribution in [0.1, 0.15) is 18.4 Å². The maximum Gasteiger partial charge on any atom is 0.492 e. The summed E-state index contributed by atoms with van der Waals surface area (Å²) in [6.45, 7) is 3.54. The molecule has 21 heavy (non-hydrogen) atoms. The summed E-state index contributed by atoms with van der Waals surface area (Å²) < 4.78 is 10.5. The molecule has 5 nitrogen and oxygen atoms in total. The molecule has 1 fully saturated rings. The molecule has 0 spiro atoms. The van der Waals surface area contributed by atoms with Gasteiger partial charge in [-0.1, -0.05) is 12.1 Å². The molecule has 1 aliphatic rings. The normalized spacial score (nSPS) is 16.2. The van der Waals surface area contributed by atoms with Crippen LogP contribution in [0.25, 0.3) is 0 Å². The van der Waals surface area contributed by atoms with E-state index in [0.29, 0.717) is 17.1 Å². The monoisotopic (exact) mass is 293 g/mol. The van der Waals surface area contributed by atoms with Gasteiger partial charge in [0.15, 0.2) is 0 Å². The van der Waals surface area contributed by atoms with Crippen molar-refractivity contribution in [3.05, 3.63) is 23.8 Å². The van der Waals surface area contributed by atoms with Crippen molar-refractivity contribution in [2.75, 3.05) is 33.9 Å². The highest BCUT2D eigenvalue weighted by Gasteiger charge is 2.19. The van der Waals surface area contributed by atoms with E-state index < -0.39 is 7.12 Å². The Morgan fingerprint density at radius 1 is 1.33 bits per heavy atom. The van der Waals surface area contributed by atoms with Crippen LogP contribution in [0.3, 0.4) is 0 Å². The largest absolute Gasteiger partial charge is 0.497 e. The standard InChI is InChI=1S/C15H24BNO4/c1-17(10-12-5-7-21-8-6-12)11-13-3-4-15(20-2)14(9-13)16(18)19/h3-4,9,12,18-19H,5-8,10-11H2,1-2H3. The highest BCUT2D eigenvalue weighted by Crippen LogP contribution is 2.17. The van der Waals surface area contributed by atoms with Gasteiger partial charge in [-0.2, -0.15) is 0 Å². The summed E-state index contributed by atoms with van der Waals surface area (Å²) in [7, 11) is 2.10. The molecule has 2 N–H and O–H groups in total. The number of rotatable bonds is 6. The average Bonchev–Trinajstić information content (AvgIpc) is 2.48. The summed E-state index contributed by atoms with van der Waals surface area (Å²) >= 11 is 0. The molecule has 0 aliphatic carbocycles.